The minimum atomic E-state index is -0.587. The SMILES string of the molecule is Cc1nc(C(OC(C)(C)C)c2c(C)nc3c(c(C)c(C)n3Cc3cnn(C)c3)c2-c2ccc(Cl)cc2)no1. The first-order valence-corrected chi connectivity index (χ1v) is 13.0. The van der Waals surface area contributed by atoms with Crippen molar-refractivity contribution in [2.45, 2.75) is 66.7 Å². The maximum atomic E-state index is 6.65. The normalized spacial score (nSPS) is 13.0. The number of ether oxygens (including phenoxy) is 1. The Labute approximate surface area is 227 Å². The van der Waals surface area contributed by atoms with Gasteiger partial charge >= 0.3 is 0 Å². The summed E-state index contributed by atoms with van der Waals surface area (Å²) in [4.78, 5) is 9.77. The number of halogens is 1. The highest BCUT2D eigenvalue weighted by Crippen LogP contribution is 2.43. The largest absolute Gasteiger partial charge is 0.360 e. The molecular weight excluding hydrogens is 500 g/mol. The van der Waals surface area contributed by atoms with Crippen molar-refractivity contribution in [3.05, 3.63) is 81.5 Å². The predicted molar refractivity (Wildman–Crippen MR) is 148 cm³/mol. The Morgan fingerprint density at radius 1 is 1.05 bits per heavy atom. The average Bonchev–Trinajstić information content (AvgIpc) is 3.52. The van der Waals surface area contributed by atoms with Crippen molar-refractivity contribution in [1.29, 1.82) is 0 Å². The molecule has 0 saturated heterocycles. The van der Waals surface area contributed by atoms with E-state index in [4.69, 9.17) is 25.8 Å². The number of aromatic nitrogens is 6. The summed E-state index contributed by atoms with van der Waals surface area (Å²) in [6.07, 6.45) is 3.35. The van der Waals surface area contributed by atoms with Gasteiger partial charge in [0.15, 0.2) is 0 Å². The molecule has 198 valence electrons. The van der Waals surface area contributed by atoms with Gasteiger partial charge in [0.05, 0.1) is 18.3 Å². The van der Waals surface area contributed by atoms with Gasteiger partial charge in [0.25, 0.3) is 0 Å². The highest BCUT2D eigenvalue weighted by molar-refractivity contribution is 6.30. The lowest BCUT2D eigenvalue weighted by atomic mass is 9.90. The molecule has 0 spiro atoms. The van der Waals surface area contributed by atoms with E-state index >= 15 is 0 Å². The number of pyridine rings is 1. The minimum Gasteiger partial charge on any atom is -0.360 e. The number of aryl methyl sites for hydroxylation is 4. The van der Waals surface area contributed by atoms with Crippen LogP contribution in [0.5, 0.6) is 0 Å². The number of nitrogens with zero attached hydrogens (tertiary/aromatic N) is 6. The maximum Gasteiger partial charge on any atom is 0.223 e. The highest BCUT2D eigenvalue weighted by Gasteiger charge is 2.33. The van der Waals surface area contributed by atoms with Gasteiger partial charge in [-0.3, -0.25) is 4.68 Å². The number of benzene rings is 1. The Hall–Kier alpha value is -3.49. The first-order valence-electron chi connectivity index (χ1n) is 12.6. The van der Waals surface area contributed by atoms with Crippen molar-refractivity contribution in [3.8, 4) is 11.1 Å². The molecule has 8 nitrogen and oxygen atoms in total. The molecule has 1 unspecified atom stereocenters. The molecule has 5 aromatic rings. The summed E-state index contributed by atoms with van der Waals surface area (Å²) in [7, 11) is 1.93. The third-order valence-corrected chi connectivity index (χ3v) is 6.98. The van der Waals surface area contributed by atoms with E-state index in [0.29, 0.717) is 23.3 Å². The van der Waals surface area contributed by atoms with Crippen LogP contribution in [0, 0.1) is 27.7 Å². The van der Waals surface area contributed by atoms with E-state index in [1.54, 1.807) is 6.92 Å². The molecule has 9 heteroatoms. The van der Waals surface area contributed by atoms with Crippen LogP contribution in [0.4, 0.5) is 0 Å². The second-order valence-electron chi connectivity index (χ2n) is 10.8. The molecule has 1 aromatic carbocycles. The molecule has 4 heterocycles. The van der Waals surface area contributed by atoms with Gasteiger partial charge in [-0.1, -0.05) is 28.9 Å². The Kier molecular flexibility index (Phi) is 6.65. The molecule has 0 saturated carbocycles. The summed E-state index contributed by atoms with van der Waals surface area (Å²) >= 11 is 6.31. The van der Waals surface area contributed by atoms with E-state index in [-0.39, 0.29) is 0 Å². The van der Waals surface area contributed by atoms with Crippen molar-refractivity contribution in [2.24, 2.45) is 7.05 Å². The van der Waals surface area contributed by atoms with Crippen molar-refractivity contribution < 1.29 is 9.26 Å². The lowest BCUT2D eigenvalue weighted by molar-refractivity contribution is -0.0472. The molecule has 0 fully saturated rings. The maximum absolute atomic E-state index is 6.65. The quantitative estimate of drug-likeness (QED) is 0.243. The number of hydrogen-bond donors (Lipinski definition) is 0. The van der Waals surface area contributed by atoms with Gasteiger partial charge in [0.1, 0.15) is 11.8 Å². The zero-order valence-electron chi connectivity index (χ0n) is 23.1. The van der Waals surface area contributed by atoms with Crippen LogP contribution in [0.3, 0.4) is 0 Å². The molecule has 0 aliphatic heterocycles. The van der Waals surface area contributed by atoms with Crippen molar-refractivity contribution >= 4 is 22.6 Å². The predicted octanol–water partition coefficient (Wildman–Crippen LogP) is 6.66. The van der Waals surface area contributed by atoms with Gasteiger partial charge in [0, 0.05) is 58.7 Å². The standard InChI is InChI=1S/C29H33ClN6O2/c1-16-18(3)36(15-20-13-31-35(8)14-20)28-23(16)25(21-9-11-22(30)12-10-21)24(17(2)32-28)26(37-29(5,6)7)27-33-19(4)38-34-27/h9-14,26H,15H2,1-8H3. The Balaban J connectivity index is 1.85. The summed E-state index contributed by atoms with van der Waals surface area (Å²) in [5, 5.41) is 10.4. The summed E-state index contributed by atoms with van der Waals surface area (Å²) in [5.41, 5.74) is 7.65. The van der Waals surface area contributed by atoms with Gasteiger partial charge in [0.2, 0.25) is 11.7 Å². The summed E-state index contributed by atoms with van der Waals surface area (Å²) in [5.74, 6) is 0.956. The first-order chi connectivity index (χ1) is 17.9. The monoisotopic (exact) mass is 532 g/mol. The van der Waals surface area contributed by atoms with Gasteiger partial charge < -0.3 is 13.8 Å². The fourth-order valence-corrected chi connectivity index (χ4v) is 5.10. The summed E-state index contributed by atoms with van der Waals surface area (Å²) < 4.78 is 16.1. The molecule has 0 bridgehead atoms. The van der Waals surface area contributed by atoms with Crippen LogP contribution in [0.2, 0.25) is 5.02 Å². The second-order valence-corrected chi connectivity index (χ2v) is 11.2. The van der Waals surface area contributed by atoms with E-state index in [2.05, 4.69) is 33.7 Å². The van der Waals surface area contributed by atoms with Gasteiger partial charge in [-0.25, -0.2) is 4.98 Å². The molecular formula is C29H33ClN6O2. The van der Waals surface area contributed by atoms with E-state index in [0.717, 1.165) is 50.2 Å². The van der Waals surface area contributed by atoms with Crippen molar-refractivity contribution in [3.63, 3.8) is 0 Å². The van der Waals surface area contributed by atoms with E-state index in [1.807, 2.05) is 76.1 Å². The van der Waals surface area contributed by atoms with E-state index in [9.17, 15) is 0 Å². The smallest absolute Gasteiger partial charge is 0.223 e. The van der Waals surface area contributed by atoms with Crippen molar-refractivity contribution in [1.82, 2.24) is 29.5 Å². The molecule has 0 aliphatic rings. The molecule has 4 aromatic heterocycles. The fourth-order valence-electron chi connectivity index (χ4n) is 4.98. The third-order valence-electron chi connectivity index (χ3n) is 6.73. The van der Waals surface area contributed by atoms with Crippen LogP contribution >= 0.6 is 11.6 Å². The number of hydrogen-bond acceptors (Lipinski definition) is 6. The van der Waals surface area contributed by atoms with Gasteiger partial charge in [-0.15, -0.1) is 0 Å². The van der Waals surface area contributed by atoms with Crippen LogP contribution in [-0.4, -0.2) is 35.1 Å². The topological polar surface area (TPSA) is 83.8 Å². The zero-order chi connectivity index (χ0) is 27.4. The molecule has 1 atom stereocenters. The lowest BCUT2D eigenvalue weighted by Crippen LogP contribution is -2.25. The Bertz CT molecular complexity index is 1620. The second kappa shape index (κ2) is 9.67. The first kappa shape index (κ1) is 26.1. The fraction of sp³-hybridized carbons (Fsp3) is 0.379. The molecule has 38 heavy (non-hydrogen) atoms. The van der Waals surface area contributed by atoms with Crippen LogP contribution in [0.1, 0.15) is 66.7 Å². The molecule has 0 radical (unpaired) electrons. The molecule has 0 amide bonds. The van der Waals surface area contributed by atoms with Gasteiger partial charge in [-0.2, -0.15) is 10.1 Å². The summed E-state index contributed by atoms with van der Waals surface area (Å²) in [6, 6.07) is 7.91. The molecule has 0 aliphatic carbocycles. The number of fused-ring (bicyclic) bond motifs is 1. The molecule has 5 rings (SSSR count). The lowest BCUT2D eigenvalue weighted by Gasteiger charge is -2.28. The minimum absolute atomic E-state index is 0.473. The number of rotatable bonds is 6. The van der Waals surface area contributed by atoms with Crippen LogP contribution in [0.15, 0.2) is 41.2 Å². The van der Waals surface area contributed by atoms with Crippen molar-refractivity contribution in [2.75, 3.05) is 0 Å². The summed E-state index contributed by atoms with van der Waals surface area (Å²) in [6.45, 7) is 14.8. The Morgan fingerprint density at radius 3 is 2.34 bits per heavy atom. The average molecular weight is 533 g/mol. The van der Waals surface area contributed by atoms with Gasteiger partial charge in [-0.05, 0) is 64.8 Å². The van der Waals surface area contributed by atoms with E-state index in [1.165, 1.54) is 0 Å². The zero-order valence-corrected chi connectivity index (χ0v) is 23.9. The third kappa shape index (κ3) is 4.86. The molecule has 0 N–H and O–H groups in total. The van der Waals surface area contributed by atoms with Crippen LogP contribution in [0.25, 0.3) is 22.2 Å². The van der Waals surface area contributed by atoms with Crippen LogP contribution in [-0.2, 0) is 18.3 Å². The van der Waals surface area contributed by atoms with Crippen LogP contribution < -0.4 is 0 Å². The Morgan fingerprint density at radius 2 is 1.76 bits per heavy atom. The highest BCUT2D eigenvalue weighted by atomic mass is 35.5. The van der Waals surface area contributed by atoms with E-state index < -0.39 is 11.7 Å².